The van der Waals surface area contributed by atoms with Crippen LogP contribution in [0.25, 0.3) is 22.3 Å². The maximum Gasteiger partial charge on any atom is 0.328 e. The van der Waals surface area contributed by atoms with Gasteiger partial charge in [0.05, 0.1) is 6.54 Å². The molecule has 0 bridgehead atoms. The predicted molar refractivity (Wildman–Crippen MR) is 118 cm³/mol. The highest BCUT2D eigenvalue weighted by atomic mass is 16.4. The molecule has 0 saturated carbocycles. The third-order valence-corrected chi connectivity index (χ3v) is 4.54. The lowest BCUT2D eigenvalue weighted by molar-refractivity contribution is -0.136. The van der Waals surface area contributed by atoms with Crippen molar-refractivity contribution in [2.75, 3.05) is 11.5 Å². The Kier molecular flexibility index (Phi) is 5.55. The van der Waals surface area contributed by atoms with Gasteiger partial charge in [0.15, 0.2) is 22.9 Å². The van der Waals surface area contributed by atoms with Gasteiger partial charge in [0, 0.05) is 0 Å². The number of anilines is 2. The van der Waals surface area contributed by atoms with Crippen LogP contribution in [0.5, 0.6) is 0 Å². The number of nitrogen functional groups attached to an aromatic ring is 2. The number of aliphatic carboxylic acids is 1. The van der Waals surface area contributed by atoms with Crippen LogP contribution in [0.15, 0.2) is 46.2 Å². The standard InChI is InChI=1S/C14H13N5O3.C5H5N5O/c15-12-11-13(17-9(16-12)6-10(20)21)19(14(22)18-11)7-8-4-2-1-3-5-8;6-3-2-4(8-1-7-3)10-5(11)9-2/h1-5H,6-7H2,(H,18,22)(H,20,21)(H2,15,16,17);1H,(H4,6,7,8,9,10,11). The molecule has 0 radical (unpaired) electrons. The van der Waals surface area contributed by atoms with Gasteiger partial charge < -0.3 is 26.5 Å². The first-order valence-corrected chi connectivity index (χ1v) is 9.51. The fourth-order valence-corrected chi connectivity index (χ4v) is 3.10. The van der Waals surface area contributed by atoms with Crippen molar-refractivity contribution in [1.82, 2.24) is 39.5 Å². The largest absolute Gasteiger partial charge is 0.481 e. The number of nitrogens with zero attached hydrogens (tertiary/aromatic N) is 5. The van der Waals surface area contributed by atoms with Crippen LogP contribution in [-0.4, -0.2) is 50.5 Å². The van der Waals surface area contributed by atoms with Gasteiger partial charge in [-0.15, -0.1) is 0 Å². The molecule has 0 aliphatic carbocycles. The van der Waals surface area contributed by atoms with Crippen LogP contribution in [0.2, 0.25) is 0 Å². The molecule has 8 N–H and O–H groups in total. The molecule has 0 aliphatic rings. The number of hydrogen-bond acceptors (Lipinski definition) is 9. The first-order valence-electron chi connectivity index (χ1n) is 9.51. The second-order valence-electron chi connectivity index (χ2n) is 6.86. The predicted octanol–water partition coefficient (Wildman–Crippen LogP) is -0.394. The summed E-state index contributed by atoms with van der Waals surface area (Å²) in [5.41, 5.74) is 12.9. The van der Waals surface area contributed by atoms with E-state index in [1.165, 1.54) is 10.9 Å². The van der Waals surface area contributed by atoms with Gasteiger partial charge in [-0.2, -0.15) is 0 Å². The van der Waals surface area contributed by atoms with Crippen LogP contribution in [0, 0.1) is 0 Å². The zero-order valence-electron chi connectivity index (χ0n) is 16.9. The van der Waals surface area contributed by atoms with Gasteiger partial charge in [0.25, 0.3) is 0 Å². The number of fused-ring (bicyclic) bond motifs is 2. The molecule has 0 amide bonds. The fraction of sp³-hybridized carbons (Fsp3) is 0.105. The van der Waals surface area contributed by atoms with Gasteiger partial charge in [-0.25, -0.2) is 29.5 Å². The van der Waals surface area contributed by atoms with E-state index in [-0.39, 0.29) is 35.3 Å². The summed E-state index contributed by atoms with van der Waals surface area (Å²) in [7, 11) is 0. The molecule has 4 aromatic heterocycles. The van der Waals surface area contributed by atoms with E-state index >= 15 is 0 Å². The van der Waals surface area contributed by atoms with Crippen molar-refractivity contribution in [2.45, 2.75) is 13.0 Å². The van der Waals surface area contributed by atoms with Gasteiger partial charge >= 0.3 is 17.3 Å². The zero-order valence-corrected chi connectivity index (χ0v) is 16.9. The minimum atomic E-state index is -1.06. The molecule has 0 unspecified atom stereocenters. The zero-order chi connectivity index (χ0) is 23.5. The highest BCUT2D eigenvalue weighted by Crippen LogP contribution is 2.15. The number of carboxylic acids is 1. The number of aromatic amines is 3. The maximum absolute atomic E-state index is 12.1. The van der Waals surface area contributed by atoms with Gasteiger partial charge in [-0.05, 0) is 5.56 Å². The third kappa shape index (κ3) is 4.53. The van der Waals surface area contributed by atoms with E-state index in [0.29, 0.717) is 28.9 Å². The SMILES string of the molecule is Nc1nc(CC(=O)O)nc2c1[nH]c(=O)n2Cc1ccccc1.Nc1ncnc2[nH]c(=O)[nH]c12. The van der Waals surface area contributed by atoms with E-state index in [1.807, 2.05) is 30.3 Å². The number of nitrogens with two attached hydrogens (primary N) is 2. The van der Waals surface area contributed by atoms with Gasteiger partial charge in [0.1, 0.15) is 29.6 Å². The molecule has 4 heterocycles. The first-order chi connectivity index (χ1) is 15.8. The lowest BCUT2D eigenvalue weighted by Crippen LogP contribution is -2.18. The Balaban J connectivity index is 0.000000196. The summed E-state index contributed by atoms with van der Waals surface area (Å²) in [6.45, 7) is 0.308. The number of carbonyl (C=O) groups is 1. The number of imidazole rings is 2. The van der Waals surface area contributed by atoms with E-state index in [4.69, 9.17) is 16.6 Å². The van der Waals surface area contributed by atoms with Crippen molar-refractivity contribution in [3.05, 3.63) is 69.0 Å². The van der Waals surface area contributed by atoms with Gasteiger partial charge in [-0.1, -0.05) is 30.3 Å². The number of H-pyrrole nitrogens is 3. The van der Waals surface area contributed by atoms with Crippen LogP contribution >= 0.6 is 0 Å². The van der Waals surface area contributed by atoms with Crippen LogP contribution in [0.1, 0.15) is 11.4 Å². The van der Waals surface area contributed by atoms with Crippen LogP contribution < -0.4 is 22.8 Å². The lowest BCUT2D eigenvalue weighted by atomic mass is 10.2. The van der Waals surface area contributed by atoms with E-state index in [0.717, 1.165) is 5.56 Å². The number of aromatic nitrogens is 8. The minimum absolute atomic E-state index is 0.0603. The Hall–Kier alpha value is -5.01. The Morgan fingerprint density at radius 1 is 0.970 bits per heavy atom. The topological polar surface area (TPSA) is 227 Å². The molecule has 0 fully saturated rings. The highest BCUT2D eigenvalue weighted by Gasteiger charge is 2.15. The number of benzene rings is 1. The quantitative estimate of drug-likeness (QED) is 0.208. The first kappa shape index (κ1) is 21.2. The summed E-state index contributed by atoms with van der Waals surface area (Å²) in [5.74, 6) is -0.664. The van der Waals surface area contributed by atoms with Crippen LogP contribution in [0.3, 0.4) is 0 Å². The Labute approximate surface area is 183 Å². The molecule has 1 aromatic carbocycles. The number of carboxylic acid groups (broad SMARTS) is 1. The molecule has 0 atom stereocenters. The van der Waals surface area contributed by atoms with E-state index in [2.05, 4.69) is 34.9 Å². The molecule has 33 heavy (non-hydrogen) atoms. The molecule has 168 valence electrons. The van der Waals surface area contributed by atoms with Crippen LogP contribution in [0.4, 0.5) is 11.6 Å². The molecule has 5 rings (SSSR count). The minimum Gasteiger partial charge on any atom is -0.481 e. The smallest absolute Gasteiger partial charge is 0.328 e. The molecule has 0 spiro atoms. The average molecular weight is 450 g/mol. The van der Waals surface area contributed by atoms with Gasteiger partial charge in [0.2, 0.25) is 0 Å². The summed E-state index contributed by atoms with van der Waals surface area (Å²) < 4.78 is 1.41. The molecule has 5 aromatic rings. The second-order valence-corrected chi connectivity index (χ2v) is 6.86. The number of hydrogen-bond donors (Lipinski definition) is 6. The molecule has 14 nitrogen and oxygen atoms in total. The molecule has 0 saturated heterocycles. The van der Waals surface area contributed by atoms with Crippen molar-refractivity contribution in [3.63, 3.8) is 0 Å². The number of nitrogens with one attached hydrogen (secondary N) is 3. The summed E-state index contributed by atoms with van der Waals surface area (Å²) in [4.78, 5) is 56.7. The van der Waals surface area contributed by atoms with Gasteiger partial charge in [-0.3, -0.25) is 14.3 Å². The lowest BCUT2D eigenvalue weighted by Gasteiger charge is -2.04. The van der Waals surface area contributed by atoms with E-state index in [9.17, 15) is 14.4 Å². The van der Waals surface area contributed by atoms with Crippen molar-refractivity contribution < 1.29 is 9.90 Å². The Bertz CT molecular complexity index is 1560. The second kappa shape index (κ2) is 8.62. The van der Waals surface area contributed by atoms with Crippen LogP contribution in [-0.2, 0) is 17.8 Å². The number of rotatable bonds is 4. The molecular weight excluding hydrogens is 432 g/mol. The molecule has 14 heteroatoms. The van der Waals surface area contributed by atoms with Crippen molar-refractivity contribution in [1.29, 1.82) is 0 Å². The fourth-order valence-electron chi connectivity index (χ4n) is 3.10. The summed E-state index contributed by atoms with van der Waals surface area (Å²) in [6.07, 6.45) is 0.937. The van der Waals surface area contributed by atoms with Crippen molar-refractivity contribution >= 4 is 39.9 Å². The van der Waals surface area contributed by atoms with E-state index in [1.54, 1.807) is 0 Å². The van der Waals surface area contributed by atoms with Crippen molar-refractivity contribution in [3.8, 4) is 0 Å². The molecular formula is C19H18N10O4. The normalized spacial score (nSPS) is 10.8. The Morgan fingerprint density at radius 2 is 1.73 bits per heavy atom. The summed E-state index contributed by atoms with van der Waals surface area (Å²) in [6, 6.07) is 9.39. The van der Waals surface area contributed by atoms with E-state index < -0.39 is 5.97 Å². The maximum atomic E-state index is 12.1. The summed E-state index contributed by atoms with van der Waals surface area (Å²) >= 11 is 0. The highest BCUT2D eigenvalue weighted by molar-refractivity contribution is 5.82. The third-order valence-electron chi connectivity index (χ3n) is 4.54. The monoisotopic (exact) mass is 450 g/mol. The Morgan fingerprint density at radius 3 is 2.42 bits per heavy atom. The van der Waals surface area contributed by atoms with Crippen molar-refractivity contribution in [2.24, 2.45) is 0 Å². The molecule has 0 aliphatic heterocycles. The average Bonchev–Trinajstić information content (AvgIpc) is 3.30. The summed E-state index contributed by atoms with van der Waals surface area (Å²) in [5, 5.41) is 8.84.